The first kappa shape index (κ1) is 13.8. The highest BCUT2D eigenvalue weighted by molar-refractivity contribution is 7.90. The van der Waals surface area contributed by atoms with Gasteiger partial charge in [-0.05, 0) is 31.5 Å². The van der Waals surface area contributed by atoms with E-state index in [1.165, 1.54) is 12.3 Å². The van der Waals surface area contributed by atoms with Gasteiger partial charge in [-0.2, -0.15) is 0 Å². The molecule has 0 spiro atoms. The molecule has 96 valence electrons. The number of benzene rings is 1. The van der Waals surface area contributed by atoms with Gasteiger partial charge >= 0.3 is 0 Å². The molecule has 0 aliphatic carbocycles. The lowest BCUT2D eigenvalue weighted by Crippen LogP contribution is -2.25. The lowest BCUT2D eigenvalue weighted by atomic mass is 10.1. The Kier molecular flexibility index (Phi) is 3.98. The van der Waals surface area contributed by atoms with Crippen LogP contribution in [0.2, 0.25) is 0 Å². The molecule has 0 heterocycles. The Morgan fingerprint density at radius 2 is 2.06 bits per heavy atom. The molecule has 1 rings (SSSR count). The summed E-state index contributed by atoms with van der Waals surface area (Å²) >= 11 is 0. The normalized spacial score (nSPS) is 13.4. The van der Waals surface area contributed by atoms with Gasteiger partial charge in [0.25, 0.3) is 0 Å². The number of halogens is 1. The molecule has 1 atom stereocenters. The minimum absolute atomic E-state index is 0.00284. The molecule has 0 bridgehead atoms. The third-order valence-electron chi connectivity index (χ3n) is 2.29. The minimum atomic E-state index is -3.05. The summed E-state index contributed by atoms with van der Waals surface area (Å²) in [5.41, 5.74) is 6.94. The molecule has 0 aliphatic rings. The second kappa shape index (κ2) is 4.91. The molecule has 3 N–H and O–H groups in total. The van der Waals surface area contributed by atoms with Crippen molar-refractivity contribution in [1.29, 1.82) is 0 Å². The largest absolute Gasteiger partial charge is 0.397 e. The zero-order chi connectivity index (χ0) is 13.2. The quantitative estimate of drug-likeness (QED) is 0.806. The summed E-state index contributed by atoms with van der Waals surface area (Å²) in [5.74, 6) is -0.369. The van der Waals surface area contributed by atoms with Crippen LogP contribution >= 0.6 is 0 Å². The van der Waals surface area contributed by atoms with E-state index in [-0.39, 0.29) is 23.3 Å². The van der Waals surface area contributed by atoms with Crippen LogP contribution in [0.5, 0.6) is 0 Å². The summed E-state index contributed by atoms with van der Waals surface area (Å²) in [6.45, 7) is 3.36. The molecular weight excluding hydrogens is 243 g/mol. The Balaban J connectivity index is 2.85. The number of nitrogens with two attached hydrogens (primary N) is 1. The summed E-state index contributed by atoms with van der Waals surface area (Å²) in [6.07, 6.45) is 1.17. The second-order valence-electron chi connectivity index (χ2n) is 4.33. The van der Waals surface area contributed by atoms with Crippen LogP contribution < -0.4 is 11.1 Å². The molecular formula is C11H17FN2O2S. The highest BCUT2D eigenvalue weighted by atomic mass is 32.2. The van der Waals surface area contributed by atoms with Crippen molar-refractivity contribution < 1.29 is 12.8 Å². The maximum Gasteiger partial charge on any atom is 0.149 e. The van der Waals surface area contributed by atoms with Gasteiger partial charge in [0.05, 0.1) is 17.1 Å². The van der Waals surface area contributed by atoms with E-state index >= 15 is 0 Å². The van der Waals surface area contributed by atoms with E-state index in [0.717, 1.165) is 0 Å². The Labute approximate surface area is 101 Å². The number of hydrogen-bond acceptors (Lipinski definition) is 4. The van der Waals surface area contributed by atoms with Gasteiger partial charge in [0, 0.05) is 12.3 Å². The topological polar surface area (TPSA) is 72.2 Å². The summed E-state index contributed by atoms with van der Waals surface area (Å²) < 4.78 is 35.4. The van der Waals surface area contributed by atoms with E-state index in [1.807, 2.05) is 0 Å². The first-order valence-electron chi connectivity index (χ1n) is 5.19. The zero-order valence-electron chi connectivity index (χ0n) is 10.1. The van der Waals surface area contributed by atoms with Gasteiger partial charge in [0.2, 0.25) is 0 Å². The van der Waals surface area contributed by atoms with Crippen molar-refractivity contribution in [2.45, 2.75) is 19.9 Å². The van der Waals surface area contributed by atoms with E-state index in [9.17, 15) is 12.8 Å². The van der Waals surface area contributed by atoms with Crippen LogP contribution in [0.1, 0.15) is 12.5 Å². The molecule has 1 aromatic carbocycles. The van der Waals surface area contributed by atoms with Crippen LogP contribution in [0.15, 0.2) is 12.1 Å². The molecule has 0 saturated carbocycles. The smallest absolute Gasteiger partial charge is 0.149 e. The highest BCUT2D eigenvalue weighted by Gasteiger charge is 2.12. The maximum atomic E-state index is 13.2. The Morgan fingerprint density at radius 3 is 2.59 bits per heavy atom. The number of aryl methyl sites for hydroxylation is 1. The number of anilines is 2. The van der Waals surface area contributed by atoms with Crippen LogP contribution in [0.25, 0.3) is 0 Å². The molecule has 6 heteroatoms. The third kappa shape index (κ3) is 4.22. The van der Waals surface area contributed by atoms with E-state index in [2.05, 4.69) is 5.32 Å². The predicted molar refractivity (Wildman–Crippen MR) is 68.3 cm³/mol. The van der Waals surface area contributed by atoms with Gasteiger partial charge in [-0.25, -0.2) is 12.8 Å². The lowest BCUT2D eigenvalue weighted by Gasteiger charge is -2.16. The minimum Gasteiger partial charge on any atom is -0.397 e. The average molecular weight is 260 g/mol. The summed E-state index contributed by atoms with van der Waals surface area (Å²) in [5, 5.41) is 2.96. The molecule has 0 radical (unpaired) electrons. The van der Waals surface area contributed by atoms with E-state index in [0.29, 0.717) is 11.3 Å². The van der Waals surface area contributed by atoms with E-state index in [1.54, 1.807) is 19.9 Å². The standard InChI is InChI=1S/C11H17FN2O2S/c1-7-4-11(10(13)5-9(7)12)14-8(2)6-17(3,15)16/h4-5,8,14H,6,13H2,1-3H3. The number of nitrogens with one attached hydrogen (secondary N) is 1. The molecule has 1 unspecified atom stereocenters. The van der Waals surface area contributed by atoms with Crippen molar-refractivity contribution >= 4 is 21.2 Å². The third-order valence-corrected chi connectivity index (χ3v) is 3.39. The van der Waals surface area contributed by atoms with Crippen molar-refractivity contribution in [2.24, 2.45) is 0 Å². The van der Waals surface area contributed by atoms with Gasteiger partial charge in [-0.15, -0.1) is 0 Å². The van der Waals surface area contributed by atoms with Crippen molar-refractivity contribution in [3.05, 3.63) is 23.5 Å². The van der Waals surface area contributed by atoms with Crippen LogP contribution in [-0.4, -0.2) is 26.5 Å². The lowest BCUT2D eigenvalue weighted by molar-refractivity contribution is 0.597. The molecule has 0 aliphatic heterocycles. The fourth-order valence-corrected chi connectivity index (χ4v) is 2.57. The summed E-state index contributed by atoms with van der Waals surface area (Å²) in [6, 6.07) is 2.52. The predicted octanol–water partition coefficient (Wildman–Crippen LogP) is 1.56. The van der Waals surface area contributed by atoms with Crippen LogP contribution in [0.3, 0.4) is 0 Å². The van der Waals surface area contributed by atoms with Crippen LogP contribution in [0, 0.1) is 12.7 Å². The van der Waals surface area contributed by atoms with Crippen molar-refractivity contribution in [3.8, 4) is 0 Å². The molecule has 0 amide bonds. The fraction of sp³-hybridized carbons (Fsp3) is 0.455. The Bertz CT molecular complexity index is 514. The zero-order valence-corrected chi connectivity index (χ0v) is 10.9. The number of nitrogen functional groups attached to an aromatic ring is 1. The molecule has 1 aromatic rings. The number of rotatable bonds is 4. The van der Waals surface area contributed by atoms with Gasteiger partial charge < -0.3 is 11.1 Å². The van der Waals surface area contributed by atoms with Crippen LogP contribution in [-0.2, 0) is 9.84 Å². The first-order chi connectivity index (χ1) is 7.69. The fourth-order valence-electron chi connectivity index (χ4n) is 1.58. The van der Waals surface area contributed by atoms with E-state index in [4.69, 9.17) is 5.73 Å². The monoisotopic (exact) mass is 260 g/mol. The van der Waals surface area contributed by atoms with Gasteiger partial charge in [-0.1, -0.05) is 0 Å². The molecule has 17 heavy (non-hydrogen) atoms. The van der Waals surface area contributed by atoms with Crippen molar-refractivity contribution in [2.75, 3.05) is 23.1 Å². The molecule has 0 aromatic heterocycles. The number of hydrogen-bond donors (Lipinski definition) is 2. The highest BCUT2D eigenvalue weighted by Crippen LogP contribution is 2.23. The molecule has 4 nitrogen and oxygen atoms in total. The molecule has 0 saturated heterocycles. The first-order valence-corrected chi connectivity index (χ1v) is 7.25. The second-order valence-corrected chi connectivity index (χ2v) is 6.51. The van der Waals surface area contributed by atoms with Crippen LogP contribution in [0.4, 0.5) is 15.8 Å². The molecule has 0 fully saturated rings. The van der Waals surface area contributed by atoms with Crippen molar-refractivity contribution in [1.82, 2.24) is 0 Å². The van der Waals surface area contributed by atoms with Gasteiger partial charge in [0.1, 0.15) is 15.7 Å². The summed E-state index contributed by atoms with van der Waals surface area (Å²) in [4.78, 5) is 0. The SMILES string of the molecule is Cc1cc(NC(C)CS(C)(=O)=O)c(N)cc1F. The van der Waals surface area contributed by atoms with Gasteiger partial charge in [-0.3, -0.25) is 0 Å². The average Bonchev–Trinajstić information content (AvgIpc) is 2.11. The number of sulfone groups is 1. The Morgan fingerprint density at radius 1 is 1.47 bits per heavy atom. The van der Waals surface area contributed by atoms with Gasteiger partial charge in [0.15, 0.2) is 0 Å². The van der Waals surface area contributed by atoms with Crippen molar-refractivity contribution in [3.63, 3.8) is 0 Å². The van der Waals surface area contributed by atoms with E-state index < -0.39 is 9.84 Å². The maximum absolute atomic E-state index is 13.2. The summed E-state index contributed by atoms with van der Waals surface area (Å²) in [7, 11) is -3.05. The Hall–Kier alpha value is -1.30.